The van der Waals surface area contributed by atoms with E-state index in [4.69, 9.17) is 23.7 Å². The number of carboxylic acids is 1. The van der Waals surface area contributed by atoms with Gasteiger partial charge in [-0.05, 0) is 43.2 Å². The lowest BCUT2D eigenvalue weighted by molar-refractivity contribution is -0.133. The molecule has 0 saturated heterocycles. The molecule has 7 nitrogen and oxygen atoms in total. The highest BCUT2D eigenvalue weighted by Crippen LogP contribution is 2.46. The van der Waals surface area contributed by atoms with E-state index in [0.29, 0.717) is 53.1 Å². The largest absolute Gasteiger partial charge is 0.494 e. The molecule has 4 rings (SSSR count). The maximum atomic E-state index is 12.4. The second-order valence-corrected chi connectivity index (χ2v) is 7.72. The smallest absolute Gasteiger partial charge is 0.339 e. The Morgan fingerprint density at radius 3 is 2.44 bits per heavy atom. The van der Waals surface area contributed by atoms with Gasteiger partial charge in [-0.1, -0.05) is 32.8 Å². The summed E-state index contributed by atoms with van der Waals surface area (Å²) in [6.07, 6.45) is 2.87. The Kier molecular flexibility index (Phi) is 6.73. The van der Waals surface area contributed by atoms with Crippen molar-refractivity contribution in [1.29, 1.82) is 0 Å². The highest BCUT2D eigenvalue weighted by molar-refractivity contribution is 5.98. The number of rotatable bonds is 10. The van der Waals surface area contributed by atoms with E-state index < -0.39 is 12.1 Å². The zero-order valence-corrected chi connectivity index (χ0v) is 18.4. The minimum Gasteiger partial charge on any atom is -0.494 e. The summed E-state index contributed by atoms with van der Waals surface area (Å²) in [5.41, 5.74) is 1.29. The molecule has 2 aliphatic heterocycles. The summed E-state index contributed by atoms with van der Waals surface area (Å²) in [7, 11) is 0. The minimum atomic E-state index is -1.10. The molecule has 1 N–H and O–H groups in total. The molecule has 1 atom stereocenters. The maximum absolute atomic E-state index is 12.4. The fourth-order valence-corrected chi connectivity index (χ4v) is 3.66. The zero-order valence-electron chi connectivity index (χ0n) is 18.4. The summed E-state index contributed by atoms with van der Waals surface area (Å²) < 4.78 is 28.9. The van der Waals surface area contributed by atoms with Crippen LogP contribution in [0.3, 0.4) is 0 Å². The number of fused-ring (bicyclic) bond motifs is 2. The van der Waals surface area contributed by atoms with Crippen LogP contribution in [0.2, 0.25) is 0 Å². The quantitative estimate of drug-likeness (QED) is 0.499. The van der Waals surface area contributed by atoms with Gasteiger partial charge in [-0.2, -0.15) is 0 Å². The Bertz CT molecular complexity index is 1010. The fraction of sp³-hybridized carbons (Fsp3) is 0.400. The molecular formula is C25H28O7. The van der Waals surface area contributed by atoms with Crippen molar-refractivity contribution < 1.29 is 33.6 Å². The number of hydrogen-bond acceptors (Lipinski definition) is 6. The van der Waals surface area contributed by atoms with E-state index in [1.54, 1.807) is 30.3 Å². The summed E-state index contributed by atoms with van der Waals surface area (Å²) in [5.74, 6) is 1.61. The Balaban J connectivity index is 1.76. The average molecular weight is 440 g/mol. The molecule has 170 valence electrons. The third-order valence-corrected chi connectivity index (χ3v) is 5.39. The first-order chi connectivity index (χ1) is 15.6. The highest BCUT2D eigenvalue weighted by Gasteiger charge is 2.36. The van der Waals surface area contributed by atoms with Crippen molar-refractivity contribution in [3.63, 3.8) is 0 Å². The summed E-state index contributed by atoms with van der Waals surface area (Å²) in [5, 5.41) is 10.2. The van der Waals surface area contributed by atoms with Gasteiger partial charge in [0.1, 0.15) is 22.8 Å². The molecule has 0 aliphatic carbocycles. The van der Waals surface area contributed by atoms with Crippen LogP contribution in [0.5, 0.6) is 23.0 Å². The predicted molar refractivity (Wildman–Crippen MR) is 118 cm³/mol. The Morgan fingerprint density at radius 1 is 0.969 bits per heavy atom. The number of unbranched alkanes of at least 4 members (excludes halogenated alkanes) is 2. The van der Waals surface area contributed by atoms with Crippen molar-refractivity contribution in [3.05, 3.63) is 53.1 Å². The molecule has 0 aromatic heterocycles. The normalized spacial score (nSPS) is 16.4. The second-order valence-electron chi connectivity index (χ2n) is 7.72. The number of ether oxygens (including phenoxy) is 5. The Morgan fingerprint density at radius 2 is 1.69 bits per heavy atom. The van der Waals surface area contributed by atoms with Crippen molar-refractivity contribution >= 4 is 11.7 Å². The first-order valence-electron chi connectivity index (χ1n) is 11.1. The molecule has 0 spiro atoms. The van der Waals surface area contributed by atoms with Gasteiger partial charge in [0.2, 0.25) is 6.79 Å². The van der Waals surface area contributed by atoms with Gasteiger partial charge in [0, 0.05) is 5.56 Å². The van der Waals surface area contributed by atoms with Crippen molar-refractivity contribution in [1.82, 2.24) is 0 Å². The molecule has 0 fully saturated rings. The zero-order chi connectivity index (χ0) is 22.5. The summed E-state index contributed by atoms with van der Waals surface area (Å²) in [6.45, 7) is 5.31. The fourth-order valence-electron chi connectivity index (χ4n) is 3.66. The number of benzene rings is 2. The van der Waals surface area contributed by atoms with Crippen LogP contribution >= 0.6 is 0 Å². The minimum absolute atomic E-state index is 0.0539. The SMILES string of the molecule is CCCCOC1=C(C(=O)O)C(c2ccc3c(c2)OCO3)Oc2ccc(OCCCC)cc21. The van der Waals surface area contributed by atoms with Crippen molar-refractivity contribution in [2.75, 3.05) is 20.0 Å². The van der Waals surface area contributed by atoms with Crippen LogP contribution in [0.4, 0.5) is 0 Å². The molecule has 1 unspecified atom stereocenters. The Hall–Kier alpha value is -3.35. The second kappa shape index (κ2) is 9.85. The van der Waals surface area contributed by atoms with Gasteiger partial charge in [-0.15, -0.1) is 0 Å². The van der Waals surface area contributed by atoms with Gasteiger partial charge in [0.05, 0.1) is 18.8 Å². The van der Waals surface area contributed by atoms with Crippen molar-refractivity contribution in [2.45, 2.75) is 45.6 Å². The third-order valence-electron chi connectivity index (χ3n) is 5.39. The molecule has 2 heterocycles. The lowest BCUT2D eigenvalue weighted by atomic mass is 9.94. The van der Waals surface area contributed by atoms with Gasteiger partial charge in [-0.25, -0.2) is 4.79 Å². The van der Waals surface area contributed by atoms with E-state index in [1.165, 1.54) is 0 Å². The molecular weight excluding hydrogens is 412 g/mol. The first-order valence-corrected chi connectivity index (χ1v) is 11.1. The van der Waals surface area contributed by atoms with Crippen LogP contribution in [0.15, 0.2) is 42.0 Å². The molecule has 7 heteroatoms. The van der Waals surface area contributed by atoms with Gasteiger partial charge in [-0.3, -0.25) is 0 Å². The lowest BCUT2D eigenvalue weighted by Crippen LogP contribution is -2.24. The monoisotopic (exact) mass is 440 g/mol. The summed E-state index contributed by atoms with van der Waals surface area (Å²) in [4.78, 5) is 12.4. The number of hydrogen-bond donors (Lipinski definition) is 1. The van der Waals surface area contributed by atoms with Crippen molar-refractivity contribution in [2.24, 2.45) is 0 Å². The number of carbonyl (C=O) groups is 1. The third kappa shape index (κ3) is 4.47. The van der Waals surface area contributed by atoms with Gasteiger partial charge < -0.3 is 28.8 Å². The summed E-state index contributed by atoms with van der Waals surface area (Å²) in [6, 6.07) is 10.7. The van der Waals surface area contributed by atoms with E-state index in [1.807, 2.05) is 6.07 Å². The van der Waals surface area contributed by atoms with E-state index in [2.05, 4.69) is 13.8 Å². The number of aliphatic carboxylic acids is 1. The van der Waals surface area contributed by atoms with Crippen LogP contribution < -0.4 is 18.9 Å². The first kappa shape index (κ1) is 21.9. The van der Waals surface area contributed by atoms with Gasteiger partial charge in [0.15, 0.2) is 17.6 Å². The molecule has 2 aliphatic rings. The summed E-state index contributed by atoms with van der Waals surface area (Å²) >= 11 is 0. The van der Waals surface area contributed by atoms with Crippen LogP contribution in [-0.4, -0.2) is 31.1 Å². The molecule has 0 amide bonds. The lowest BCUT2D eigenvalue weighted by Gasteiger charge is -2.30. The van der Waals surface area contributed by atoms with Crippen LogP contribution in [-0.2, 0) is 9.53 Å². The van der Waals surface area contributed by atoms with E-state index in [0.717, 1.165) is 25.7 Å². The molecule has 2 aromatic rings. The Labute approximate surface area is 187 Å². The van der Waals surface area contributed by atoms with E-state index in [9.17, 15) is 9.90 Å². The average Bonchev–Trinajstić information content (AvgIpc) is 3.27. The van der Waals surface area contributed by atoms with Crippen LogP contribution in [0, 0.1) is 0 Å². The molecule has 32 heavy (non-hydrogen) atoms. The molecule has 2 aromatic carbocycles. The van der Waals surface area contributed by atoms with E-state index >= 15 is 0 Å². The molecule has 0 radical (unpaired) electrons. The predicted octanol–water partition coefficient (Wildman–Crippen LogP) is 5.34. The molecule has 0 bridgehead atoms. The standard InChI is InChI=1S/C25H28O7/c1-3-5-11-28-17-8-10-19-18(14-17)24(29-12-6-4-2)22(25(26)27)23(32-19)16-7-9-20-21(13-16)31-15-30-20/h7-10,13-14,23H,3-6,11-12,15H2,1-2H3,(H,26,27). The van der Waals surface area contributed by atoms with Gasteiger partial charge in [0.25, 0.3) is 0 Å². The molecule has 0 saturated carbocycles. The van der Waals surface area contributed by atoms with Crippen LogP contribution in [0.1, 0.15) is 56.8 Å². The van der Waals surface area contributed by atoms with Crippen LogP contribution in [0.25, 0.3) is 5.76 Å². The van der Waals surface area contributed by atoms with E-state index in [-0.39, 0.29) is 12.4 Å². The highest BCUT2D eigenvalue weighted by atomic mass is 16.7. The topological polar surface area (TPSA) is 83.5 Å². The van der Waals surface area contributed by atoms with Crippen molar-refractivity contribution in [3.8, 4) is 23.0 Å². The van der Waals surface area contributed by atoms with Gasteiger partial charge >= 0.3 is 5.97 Å². The maximum Gasteiger partial charge on any atom is 0.339 e. The number of carboxylic acid groups (broad SMARTS) is 1.